The number of piperazine rings is 1. The number of hydrogen-bond donors (Lipinski definition) is 1. The van der Waals surface area contributed by atoms with Gasteiger partial charge in [-0.25, -0.2) is 8.42 Å². The quantitative estimate of drug-likeness (QED) is 0.782. The summed E-state index contributed by atoms with van der Waals surface area (Å²) in [4.78, 5) is 15.9. The van der Waals surface area contributed by atoms with Gasteiger partial charge in [0.2, 0.25) is 5.91 Å². The minimum Gasteiger partial charge on any atom is -0.399 e. The number of nitrogens with zero attached hydrogens (tertiary/aromatic N) is 2. The van der Waals surface area contributed by atoms with E-state index in [4.69, 9.17) is 5.73 Å². The zero-order valence-electron chi connectivity index (χ0n) is 11.4. The van der Waals surface area contributed by atoms with E-state index in [-0.39, 0.29) is 10.8 Å². The molecule has 0 aliphatic carbocycles. The van der Waals surface area contributed by atoms with Gasteiger partial charge in [-0.1, -0.05) is 0 Å². The Morgan fingerprint density at radius 3 is 2.25 bits per heavy atom. The van der Waals surface area contributed by atoms with Gasteiger partial charge in [-0.3, -0.25) is 4.79 Å². The molecule has 0 unspecified atom stereocenters. The van der Waals surface area contributed by atoms with Crippen LogP contribution in [0.25, 0.3) is 0 Å². The molecule has 0 radical (unpaired) electrons. The van der Waals surface area contributed by atoms with E-state index in [1.807, 2.05) is 7.05 Å². The summed E-state index contributed by atoms with van der Waals surface area (Å²) in [5, 5.41) is 0. The van der Waals surface area contributed by atoms with Crippen molar-refractivity contribution >= 4 is 21.4 Å². The molecule has 1 saturated heterocycles. The highest BCUT2D eigenvalue weighted by Crippen LogP contribution is 2.14. The van der Waals surface area contributed by atoms with Gasteiger partial charge in [-0.2, -0.15) is 0 Å². The molecule has 1 heterocycles. The van der Waals surface area contributed by atoms with Crippen molar-refractivity contribution in [1.82, 2.24) is 9.80 Å². The number of benzene rings is 1. The van der Waals surface area contributed by atoms with Crippen LogP contribution < -0.4 is 5.73 Å². The molecule has 0 aromatic heterocycles. The maximum Gasteiger partial charge on any atom is 0.238 e. The lowest BCUT2D eigenvalue weighted by Crippen LogP contribution is -2.48. The van der Waals surface area contributed by atoms with E-state index in [1.54, 1.807) is 4.90 Å². The van der Waals surface area contributed by atoms with E-state index in [0.717, 1.165) is 13.1 Å². The van der Waals surface area contributed by atoms with Gasteiger partial charge >= 0.3 is 0 Å². The van der Waals surface area contributed by atoms with E-state index in [0.29, 0.717) is 18.8 Å². The van der Waals surface area contributed by atoms with Gasteiger partial charge in [0.1, 0.15) is 5.75 Å². The Morgan fingerprint density at radius 1 is 1.15 bits per heavy atom. The Labute approximate surface area is 119 Å². The van der Waals surface area contributed by atoms with Crippen molar-refractivity contribution in [3.8, 4) is 0 Å². The number of amides is 1. The highest BCUT2D eigenvalue weighted by Gasteiger charge is 2.25. The topological polar surface area (TPSA) is 83.7 Å². The highest BCUT2D eigenvalue weighted by atomic mass is 32.2. The van der Waals surface area contributed by atoms with Crippen LogP contribution in [0.15, 0.2) is 29.2 Å². The molecule has 1 aliphatic heterocycles. The zero-order chi connectivity index (χ0) is 14.8. The molecule has 0 bridgehead atoms. The molecule has 1 aromatic rings. The molecule has 0 spiro atoms. The number of hydrogen-bond acceptors (Lipinski definition) is 5. The molecular formula is C13H19N3O3S. The summed E-state index contributed by atoms with van der Waals surface area (Å²) in [6.07, 6.45) is 0. The van der Waals surface area contributed by atoms with Crippen molar-refractivity contribution in [2.75, 3.05) is 44.7 Å². The van der Waals surface area contributed by atoms with E-state index >= 15 is 0 Å². The van der Waals surface area contributed by atoms with Crippen molar-refractivity contribution in [2.45, 2.75) is 4.90 Å². The predicted molar refractivity (Wildman–Crippen MR) is 77.0 cm³/mol. The summed E-state index contributed by atoms with van der Waals surface area (Å²) in [5.41, 5.74) is 6.02. The number of nitrogens with two attached hydrogens (primary N) is 1. The fourth-order valence-electron chi connectivity index (χ4n) is 2.07. The second-order valence-corrected chi connectivity index (χ2v) is 7.00. The highest BCUT2D eigenvalue weighted by molar-refractivity contribution is 7.92. The van der Waals surface area contributed by atoms with Crippen LogP contribution in [-0.2, 0) is 14.6 Å². The third kappa shape index (κ3) is 3.49. The molecule has 1 fully saturated rings. The minimum atomic E-state index is -3.60. The van der Waals surface area contributed by atoms with Gasteiger partial charge in [-0.15, -0.1) is 0 Å². The molecule has 1 amide bonds. The maximum atomic E-state index is 12.2. The average molecular weight is 297 g/mol. The van der Waals surface area contributed by atoms with Crippen LogP contribution in [0.4, 0.5) is 5.69 Å². The molecule has 110 valence electrons. The fraction of sp³-hybridized carbons (Fsp3) is 0.462. The molecule has 0 saturated carbocycles. The Bertz CT molecular complexity index is 575. The largest absolute Gasteiger partial charge is 0.399 e. The van der Waals surface area contributed by atoms with Crippen LogP contribution in [0.2, 0.25) is 0 Å². The van der Waals surface area contributed by atoms with E-state index in [1.165, 1.54) is 24.3 Å². The average Bonchev–Trinajstić information content (AvgIpc) is 2.39. The van der Waals surface area contributed by atoms with Crippen molar-refractivity contribution in [3.05, 3.63) is 24.3 Å². The van der Waals surface area contributed by atoms with E-state index < -0.39 is 15.6 Å². The zero-order valence-corrected chi connectivity index (χ0v) is 12.3. The first kappa shape index (κ1) is 14.8. The number of carbonyl (C=O) groups is 1. The molecule has 2 N–H and O–H groups in total. The number of anilines is 1. The third-order valence-electron chi connectivity index (χ3n) is 3.41. The van der Waals surface area contributed by atoms with Crippen molar-refractivity contribution in [2.24, 2.45) is 0 Å². The van der Waals surface area contributed by atoms with Crippen LogP contribution in [0, 0.1) is 0 Å². The Kier molecular flexibility index (Phi) is 4.29. The second kappa shape index (κ2) is 5.80. The normalized spacial score (nSPS) is 17.1. The van der Waals surface area contributed by atoms with Crippen LogP contribution in [0.5, 0.6) is 0 Å². The monoisotopic (exact) mass is 297 g/mol. The lowest BCUT2D eigenvalue weighted by molar-refractivity contribution is -0.129. The first-order valence-corrected chi connectivity index (χ1v) is 8.08. The minimum absolute atomic E-state index is 0.133. The first-order chi connectivity index (χ1) is 9.38. The lowest BCUT2D eigenvalue weighted by atomic mass is 10.3. The number of nitrogen functional groups attached to an aromatic ring is 1. The molecule has 20 heavy (non-hydrogen) atoms. The van der Waals surface area contributed by atoms with Gasteiger partial charge < -0.3 is 15.5 Å². The SMILES string of the molecule is CN1CCN(C(=O)CS(=O)(=O)c2ccc(N)cc2)CC1. The number of rotatable bonds is 3. The molecule has 6 nitrogen and oxygen atoms in total. The maximum absolute atomic E-state index is 12.2. The number of carbonyl (C=O) groups excluding carboxylic acids is 1. The van der Waals surface area contributed by atoms with Gasteiger partial charge in [0.25, 0.3) is 0 Å². The third-order valence-corrected chi connectivity index (χ3v) is 5.03. The van der Waals surface area contributed by atoms with Gasteiger partial charge in [0, 0.05) is 31.9 Å². The molecular weight excluding hydrogens is 278 g/mol. The van der Waals surface area contributed by atoms with Crippen LogP contribution in [0.1, 0.15) is 0 Å². The smallest absolute Gasteiger partial charge is 0.238 e. The van der Waals surface area contributed by atoms with E-state index in [2.05, 4.69) is 4.90 Å². The van der Waals surface area contributed by atoms with Crippen LogP contribution in [0.3, 0.4) is 0 Å². The summed E-state index contributed by atoms with van der Waals surface area (Å²) in [5.74, 6) is -0.824. The molecule has 1 aliphatic rings. The van der Waals surface area contributed by atoms with Crippen molar-refractivity contribution in [1.29, 1.82) is 0 Å². The van der Waals surface area contributed by atoms with Crippen LogP contribution >= 0.6 is 0 Å². The van der Waals surface area contributed by atoms with Crippen molar-refractivity contribution < 1.29 is 13.2 Å². The van der Waals surface area contributed by atoms with Gasteiger partial charge in [0.15, 0.2) is 9.84 Å². The Morgan fingerprint density at radius 2 is 1.70 bits per heavy atom. The summed E-state index contributed by atoms with van der Waals surface area (Å²) in [6, 6.07) is 5.91. The molecule has 2 rings (SSSR count). The Balaban J connectivity index is 2.04. The van der Waals surface area contributed by atoms with Gasteiger partial charge in [0.05, 0.1) is 4.90 Å². The lowest BCUT2D eigenvalue weighted by Gasteiger charge is -2.32. The van der Waals surface area contributed by atoms with E-state index in [9.17, 15) is 13.2 Å². The summed E-state index contributed by atoms with van der Waals surface area (Å²) < 4.78 is 24.3. The second-order valence-electron chi connectivity index (χ2n) is 5.01. The standard InChI is InChI=1S/C13H19N3O3S/c1-15-6-8-16(9-7-15)13(17)10-20(18,19)12-4-2-11(14)3-5-12/h2-5H,6-10,14H2,1H3. The van der Waals surface area contributed by atoms with Gasteiger partial charge in [-0.05, 0) is 31.3 Å². The first-order valence-electron chi connectivity index (χ1n) is 6.43. The Hall–Kier alpha value is -1.60. The van der Waals surface area contributed by atoms with Crippen molar-refractivity contribution in [3.63, 3.8) is 0 Å². The molecule has 1 aromatic carbocycles. The fourth-order valence-corrected chi connectivity index (χ4v) is 3.29. The number of likely N-dealkylation sites (N-methyl/N-ethyl adjacent to an activating group) is 1. The predicted octanol–water partition coefficient (Wildman–Crippen LogP) is -0.183. The number of sulfone groups is 1. The summed E-state index contributed by atoms with van der Waals surface area (Å²) in [7, 11) is -1.62. The van der Waals surface area contributed by atoms with Crippen LogP contribution in [-0.4, -0.2) is 63.1 Å². The summed E-state index contributed by atoms with van der Waals surface area (Å²) in [6.45, 7) is 2.69. The molecule has 0 atom stereocenters. The summed E-state index contributed by atoms with van der Waals surface area (Å²) >= 11 is 0. The molecule has 7 heteroatoms.